The Kier molecular flexibility index (Phi) is 13.9. The number of phenols is 1. The molecule has 4 unspecified atom stereocenters. The van der Waals surface area contributed by atoms with Gasteiger partial charge < -0.3 is 35.4 Å². The number of anilines is 2. The second-order valence-corrected chi connectivity index (χ2v) is 19.2. The number of rotatable bonds is 16. The minimum Gasteiger partial charge on any atom is -0.508 e. The Morgan fingerprint density at radius 1 is 1.00 bits per heavy atom. The van der Waals surface area contributed by atoms with Gasteiger partial charge in [-0.25, -0.2) is 13.6 Å². The number of unbranched alkanes of at least 4 members (excludes halogenated alkanes) is 1. The quantitative estimate of drug-likeness (QED) is 0.0375. The molecule has 7 heterocycles. The number of carbonyl (C=O) groups excluding carboxylic acids is 6. The number of benzene rings is 3. The van der Waals surface area contributed by atoms with Crippen LogP contribution in [0.5, 0.6) is 11.8 Å². The van der Waals surface area contributed by atoms with Gasteiger partial charge in [0.15, 0.2) is 5.82 Å². The Balaban J connectivity index is 0.764. The number of ether oxygens (including phenoxy) is 2. The van der Waals surface area contributed by atoms with Crippen LogP contribution in [0.4, 0.5) is 25.1 Å². The fourth-order valence-electron chi connectivity index (χ4n) is 10.6. The van der Waals surface area contributed by atoms with Gasteiger partial charge in [0.2, 0.25) is 17.7 Å². The summed E-state index contributed by atoms with van der Waals surface area (Å²) in [6.07, 6.45) is 10.8. The lowest BCUT2D eigenvalue weighted by Crippen LogP contribution is -2.54. The van der Waals surface area contributed by atoms with E-state index in [-0.39, 0.29) is 113 Å². The third-order valence-electron chi connectivity index (χ3n) is 14.2. The molecule has 0 saturated carbocycles. The van der Waals surface area contributed by atoms with Crippen LogP contribution in [0, 0.1) is 24.0 Å². The third kappa shape index (κ3) is 9.89. The number of hydrogen-bond acceptors (Lipinski definition) is 15. The molecule has 5 aromatic rings. The van der Waals surface area contributed by atoms with E-state index in [1.54, 1.807) is 0 Å². The van der Waals surface area contributed by atoms with E-state index < -0.39 is 53.3 Å². The average molecular weight is 1010 g/mol. The normalized spacial score (nSPS) is 20.0. The minimum absolute atomic E-state index is 0.0131. The highest BCUT2D eigenvalue weighted by Gasteiger charge is 2.46. The highest BCUT2D eigenvalue weighted by atomic mass is 19.1. The molecule has 21 heteroatoms. The predicted molar refractivity (Wildman–Crippen MR) is 266 cm³/mol. The van der Waals surface area contributed by atoms with Crippen LogP contribution in [0.2, 0.25) is 0 Å². The molecule has 0 aliphatic carbocycles. The number of halogens is 2. The maximum atomic E-state index is 17.0. The fourth-order valence-corrected chi connectivity index (χ4v) is 10.6. The number of aromatic nitrogens is 3. The summed E-state index contributed by atoms with van der Waals surface area (Å²) in [7, 11) is 0. The van der Waals surface area contributed by atoms with Crippen LogP contribution in [0.25, 0.3) is 32.9 Å². The van der Waals surface area contributed by atoms with Crippen molar-refractivity contribution >= 4 is 68.8 Å². The van der Waals surface area contributed by atoms with Gasteiger partial charge >= 0.3 is 12.1 Å². The van der Waals surface area contributed by atoms with Crippen molar-refractivity contribution in [1.29, 1.82) is 0 Å². The predicted octanol–water partition coefficient (Wildman–Crippen LogP) is 5.09. The Hall–Kier alpha value is -8.09. The minimum atomic E-state index is -1.16. The second-order valence-electron chi connectivity index (χ2n) is 19.2. The Labute approximate surface area is 423 Å². The number of pyridine rings is 1. The van der Waals surface area contributed by atoms with E-state index in [9.17, 15) is 33.9 Å². The van der Waals surface area contributed by atoms with Crippen molar-refractivity contribution < 1.29 is 52.1 Å². The first-order valence-corrected chi connectivity index (χ1v) is 24.6. The van der Waals surface area contributed by atoms with E-state index >= 15 is 8.78 Å². The lowest BCUT2D eigenvalue weighted by molar-refractivity contribution is -0.136. The van der Waals surface area contributed by atoms with Gasteiger partial charge in [-0.1, -0.05) is 30.2 Å². The molecule has 5 N–H and O–H groups in total. The number of nitrogens with zero attached hydrogens (tertiary/aromatic N) is 6. The van der Waals surface area contributed by atoms with Crippen LogP contribution in [-0.2, 0) is 19.1 Å². The first-order valence-electron chi connectivity index (χ1n) is 24.6. The molecule has 10 rings (SSSR count). The Bertz CT molecular complexity index is 3210. The summed E-state index contributed by atoms with van der Waals surface area (Å²) in [5.74, 6) is -2.11. The summed E-state index contributed by atoms with van der Waals surface area (Å²) in [5.41, 5.74) is 0.843. The van der Waals surface area contributed by atoms with Crippen LogP contribution in [0.15, 0.2) is 60.8 Å². The zero-order valence-corrected chi connectivity index (χ0v) is 40.2. The van der Waals surface area contributed by atoms with Gasteiger partial charge in [0.05, 0.1) is 34.4 Å². The van der Waals surface area contributed by atoms with Gasteiger partial charge in [0.1, 0.15) is 41.2 Å². The van der Waals surface area contributed by atoms with Crippen molar-refractivity contribution in [2.45, 2.75) is 82.0 Å². The molecular weight excluding hydrogens is 959 g/mol. The monoisotopic (exact) mass is 1010 g/mol. The molecular formula is C53H52F2N10O9. The van der Waals surface area contributed by atoms with E-state index in [1.165, 1.54) is 48.7 Å². The number of likely N-dealkylation sites (tertiary alicyclic amines) is 1. The summed E-state index contributed by atoms with van der Waals surface area (Å²) in [5, 5.41) is 22.6. The lowest BCUT2D eigenvalue weighted by atomic mass is 9.96. The summed E-state index contributed by atoms with van der Waals surface area (Å²) in [6, 6.07) is 8.83. The number of hydrogen-bond donors (Lipinski definition) is 5. The van der Waals surface area contributed by atoms with Crippen LogP contribution in [0.3, 0.4) is 0 Å². The molecule has 5 aliphatic rings. The second kappa shape index (κ2) is 20.8. The number of carbonyl (C=O) groups is 6. The number of terminal acetylenes is 1. The van der Waals surface area contributed by atoms with E-state index in [4.69, 9.17) is 20.9 Å². The van der Waals surface area contributed by atoms with E-state index in [0.29, 0.717) is 55.5 Å². The topological polar surface area (TPSA) is 238 Å². The molecule has 3 aromatic carbocycles. The lowest BCUT2D eigenvalue weighted by Gasteiger charge is -2.34. The van der Waals surface area contributed by atoms with Gasteiger partial charge in [-0.15, -0.1) is 6.42 Å². The Morgan fingerprint density at radius 3 is 2.57 bits per heavy atom. The zero-order chi connectivity index (χ0) is 51.8. The number of amides is 6. The van der Waals surface area contributed by atoms with Gasteiger partial charge in [0.25, 0.3) is 11.8 Å². The summed E-state index contributed by atoms with van der Waals surface area (Å²) in [6.45, 7) is 6.88. The number of piperidine rings is 1. The molecule has 4 fully saturated rings. The smallest absolute Gasteiger partial charge is 0.407 e. The number of phenolic OH excluding ortho intramolecular Hbond substituents is 1. The standard InChI is InChI=1S/C53H52F2N10O9/c1-3-34-38(54)13-10-29-21-33(66)22-36(43(29)34)46-45(55)47-37(23-57-46)48(64-25-30-11-12-31(26-64)58-30)62-52(61-47)73-20-5-4-7-32(63-19-17-28(2)24-63)27-74-53(72)56-18-16-42(68)59-39-9-6-8-35-44(39)51(71)65(50(35)70)40-14-15-41(67)60-49(40)69/h1,6,8-10,13,21-23,30-32,40,58,66H,2,4-5,7,11-12,14-20,24-27H2,(H,56,72)(H,59,68)(H,60,67,69). The maximum absolute atomic E-state index is 17.0. The zero-order valence-electron chi connectivity index (χ0n) is 40.2. The average Bonchev–Trinajstić information content (AvgIpc) is 4.05. The first-order chi connectivity index (χ1) is 35.7. The van der Waals surface area contributed by atoms with Crippen molar-refractivity contribution in [3.05, 3.63) is 89.1 Å². The third-order valence-corrected chi connectivity index (χ3v) is 14.2. The number of imide groups is 2. The summed E-state index contributed by atoms with van der Waals surface area (Å²) >= 11 is 0. The highest BCUT2D eigenvalue weighted by Crippen LogP contribution is 2.40. The van der Waals surface area contributed by atoms with Crippen molar-refractivity contribution in [3.8, 4) is 35.4 Å². The van der Waals surface area contributed by atoms with Crippen LogP contribution in [0.1, 0.15) is 84.1 Å². The molecule has 4 saturated heterocycles. The first kappa shape index (κ1) is 49.5. The Morgan fingerprint density at radius 2 is 1.81 bits per heavy atom. The van der Waals surface area contributed by atoms with Crippen molar-refractivity contribution in [2.75, 3.05) is 56.2 Å². The molecule has 0 radical (unpaired) electrons. The molecule has 6 amide bonds. The van der Waals surface area contributed by atoms with Crippen LogP contribution >= 0.6 is 0 Å². The van der Waals surface area contributed by atoms with E-state index in [2.05, 4.69) is 53.5 Å². The van der Waals surface area contributed by atoms with Gasteiger partial charge in [-0.2, -0.15) is 9.97 Å². The molecule has 0 spiro atoms. The molecule has 5 aliphatic heterocycles. The molecule has 19 nitrogen and oxygen atoms in total. The molecule has 4 atom stereocenters. The molecule has 2 aromatic heterocycles. The fraction of sp³-hybridized carbons (Fsp3) is 0.377. The van der Waals surface area contributed by atoms with E-state index in [0.717, 1.165) is 36.3 Å². The van der Waals surface area contributed by atoms with Crippen LogP contribution in [-0.4, -0.2) is 136 Å². The van der Waals surface area contributed by atoms with Crippen LogP contribution < -0.4 is 30.9 Å². The van der Waals surface area contributed by atoms with E-state index in [1.807, 2.05) is 0 Å². The summed E-state index contributed by atoms with van der Waals surface area (Å²) in [4.78, 5) is 95.7. The van der Waals surface area contributed by atoms with Crippen molar-refractivity contribution in [3.63, 3.8) is 0 Å². The molecule has 74 heavy (non-hydrogen) atoms. The maximum Gasteiger partial charge on any atom is 0.407 e. The molecule has 382 valence electrons. The van der Waals surface area contributed by atoms with Crippen molar-refractivity contribution in [1.82, 2.24) is 40.7 Å². The summed E-state index contributed by atoms with van der Waals surface area (Å²) < 4.78 is 43.9. The van der Waals surface area contributed by atoms with Gasteiger partial charge in [-0.05, 0) is 80.7 Å². The number of aromatic hydroxyl groups is 1. The number of piperazine rings is 1. The largest absolute Gasteiger partial charge is 0.508 e. The number of alkyl carbamates (subject to hydrolysis) is 1. The number of fused-ring (bicyclic) bond motifs is 5. The number of nitrogens with one attached hydrogen (secondary N) is 4. The van der Waals surface area contributed by atoms with Gasteiger partial charge in [0, 0.05) is 80.8 Å². The molecule has 2 bridgehead atoms. The SMILES string of the molecule is C#Cc1c(F)ccc2cc(O)cc(-c3ncc4c(N5CC6CCC(C5)N6)nc(OCCCCC(COC(=O)NCCC(=O)Nc5cccc6c5C(=O)N(C5CCC(=O)NC5=O)C6=O)N5CCC(=C)C5)nc4c3F)c12. The van der Waals surface area contributed by atoms with Gasteiger partial charge in [-0.3, -0.25) is 44.1 Å². The highest BCUT2D eigenvalue weighted by molar-refractivity contribution is 6.26. The van der Waals surface area contributed by atoms with Crippen molar-refractivity contribution in [2.24, 2.45) is 0 Å².